The van der Waals surface area contributed by atoms with E-state index in [0.29, 0.717) is 0 Å². The molecule has 0 bridgehead atoms. The highest BCUT2D eigenvalue weighted by atomic mass is 32.2. The molecule has 21 heavy (non-hydrogen) atoms. The molecule has 0 saturated heterocycles. The summed E-state index contributed by atoms with van der Waals surface area (Å²) >= 11 is -0.726. The lowest BCUT2D eigenvalue weighted by Crippen LogP contribution is -2.18. The molecule has 2 rings (SSSR count). The van der Waals surface area contributed by atoms with Crippen LogP contribution in [0.2, 0.25) is 0 Å². The first-order valence-electron chi connectivity index (χ1n) is 5.88. The maximum Gasteiger partial charge on any atom is 0.324 e. The monoisotopic (exact) mass is 316 g/mol. The van der Waals surface area contributed by atoms with Crippen LogP contribution in [0.1, 0.15) is 11.1 Å². The van der Waals surface area contributed by atoms with E-state index >= 15 is 0 Å². The molecule has 0 saturated carbocycles. The number of alkyl halides is 4. The van der Waals surface area contributed by atoms with E-state index < -0.39 is 33.4 Å². The molecular weight excluding hydrogens is 304 g/mol. The van der Waals surface area contributed by atoms with Gasteiger partial charge in [-0.25, -0.2) is 0 Å². The third kappa shape index (κ3) is 3.60. The zero-order chi connectivity index (χ0) is 15.7. The van der Waals surface area contributed by atoms with Gasteiger partial charge in [-0.15, -0.1) is 0 Å². The molecular formula is C14H12F4N2S. The van der Waals surface area contributed by atoms with Gasteiger partial charge >= 0.3 is 10.5 Å². The third-order valence-electron chi connectivity index (χ3n) is 2.75. The van der Waals surface area contributed by atoms with Gasteiger partial charge in [0.15, 0.2) is 0 Å². The first kappa shape index (κ1) is 15.5. The molecule has 0 atom stereocenters. The van der Waals surface area contributed by atoms with Crippen molar-refractivity contribution < 1.29 is 17.6 Å². The van der Waals surface area contributed by atoms with Gasteiger partial charge in [0.05, 0.1) is 0 Å². The van der Waals surface area contributed by atoms with Gasteiger partial charge in [0.25, 0.3) is 0 Å². The van der Waals surface area contributed by atoms with Crippen LogP contribution in [0.15, 0.2) is 48.5 Å². The molecule has 0 unspecified atom stereocenters. The number of anilines is 2. The Morgan fingerprint density at radius 1 is 0.619 bits per heavy atom. The number of benzene rings is 2. The van der Waals surface area contributed by atoms with E-state index in [1.807, 2.05) is 0 Å². The van der Waals surface area contributed by atoms with E-state index in [-0.39, 0.29) is 11.4 Å². The number of nitrogen functional groups attached to an aromatic ring is 2. The average Bonchev–Trinajstić information content (AvgIpc) is 2.38. The molecule has 0 aromatic heterocycles. The van der Waals surface area contributed by atoms with Crippen molar-refractivity contribution in [2.24, 2.45) is 0 Å². The molecule has 2 aromatic rings. The second-order valence-corrected chi connectivity index (χ2v) is 5.61. The fourth-order valence-corrected chi connectivity index (χ4v) is 2.46. The molecule has 4 N–H and O–H groups in total. The highest BCUT2D eigenvalue weighted by Gasteiger charge is 2.46. The average molecular weight is 316 g/mol. The zero-order valence-corrected chi connectivity index (χ0v) is 11.5. The van der Waals surface area contributed by atoms with Gasteiger partial charge in [0.2, 0.25) is 0 Å². The minimum atomic E-state index is -3.75. The van der Waals surface area contributed by atoms with Crippen LogP contribution in [-0.2, 0) is 10.5 Å². The number of nitrogens with two attached hydrogens (primary N) is 2. The maximum absolute atomic E-state index is 14.0. The lowest BCUT2D eigenvalue weighted by Gasteiger charge is -2.23. The van der Waals surface area contributed by atoms with Crippen LogP contribution >= 0.6 is 11.8 Å². The van der Waals surface area contributed by atoms with Crippen molar-refractivity contribution in [1.82, 2.24) is 0 Å². The molecule has 0 aliphatic carbocycles. The molecule has 0 spiro atoms. The molecule has 2 aromatic carbocycles. The van der Waals surface area contributed by atoms with Crippen LogP contribution in [0.3, 0.4) is 0 Å². The van der Waals surface area contributed by atoms with Crippen LogP contribution < -0.4 is 11.5 Å². The lowest BCUT2D eigenvalue weighted by molar-refractivity contribution is 0.0652. The summed E-state index contributed by atoms with van der Waals surface area (Å²) in [5.41, 5.74) is 10.3. The zero-order valence-electron chi connectivity index (χ0n) is 10.7. The summed E-state index contributed by atoms with van der Waals surface area (Å²) in [4.78, 5) is 0. The van der Waals surface area contributed by atoms with Gasteiger partial charge in [-0.05, 0) is 36.0 Å². The molecule has 0 radical (unpaired) electrons. The Labute approximate surface area is 123 Å². The molecule has 0 fully saturated rings. The Bertz CT molecular complexity index is 556. The summed E-state index contributed by atoms with van der Waals surface area (Å²) in [5, 5.41) is -7.50. The molecule has 7 heteroatoms. The number of hydrogen-bond donors (Lipinski definition) is 2. The van der Waals surface area contributed by atoms with Crippen molar-refractivity contribution in [3.63, 3.8) is 0 Å². The summed E-state index contributed by atoms with van der Waals surface area (Å²) in [6.07, 6.45) is 0. The van der Waals surface area contributed by atoms with E-state index in [2.05, 4.69) is 0 Å². The smallest absolute Gasteiger partial charge is 0.324 e. The molecule has 0 aliphatic rings. The maximum atomic E-state index is 14.0. The third-order valence-corrected chi connectivity index (χ3v) is 3.73. The van der Waals surface area contributed by atoms with E-state index in [1.54, 1.807) is 0 Å². The van der Waals surface area contributed by atoms with Gasteiger partial charge in [0, 0.05) is 22.5 Å². The molecule has 0 aliphatic heterocycles. The van der Waals surface area contributed by atoms with Gasteiger partial charge in [-0.2, -0.15) is 17.6 Å². The van der Waals surface area contributed by atoms with Crippen LogP contribution in [-0.4, -0.2) is 0 Å². The van der Waals surface area contributed by atoms with E-state index in [1.165, 1.54) is 24.3 Å². The van der Waals surface area contributed by atoms with Crippen LogP contribution in [0, 0.1) is 0 Å². The van der Waals surface area contributed by atoms with Crippen molar-refractivity contribution >= 4 is 23.1 Å². The van der Waals surface area contributed by atoms with Gasteiger partial charge in [-0.3, -0.25) is 0 Å². The van der Waals surface area contributed by atoms with Gasteiger partial charge in [0.1, 0.15) is 0 Å². The number of hydrogen-bond acceptors (Lipinski definition) is 3. The predicted molar refractivity (Wildman–Crippen MR) is 77.1 cm³/mol. The van der Waals surface area contributed by atoms with Crippen LogP contribution in [0.25, 0.3) is 0 Å². The Kier molecular flexibility index (Phi) is 4.04. The largest absolute Gasteiger partial charge is 0.399 e. The van der Waals surface area contributed by atoms with Crippen molar-refractivity contribution in [1.29, 1.82) is 0 Å². The van der Waals surface area contributed by atoms with Crippen LogP contribution in [0.5, 0.6) is 0 Å². The summed E-state index contributed by atoms with van der Waals surface area (Å²) in [5.74, 6) is 0. The number of rotatable bonds is 4. The first-order chi connectivity index (χ1) is 9.71. The number of thioether (sulfide) groups is 1. The summed E-state index contributed by atoms with van der Waals surface area (Å²) in [6, 6.07) is 9.08. The fourth-order valence-electron chi connectivity index (χ4n) is 1.63. The quantitative estimate of drug-likeness (QED) is 0.650. The minimum absolute atomic E-state index is 0.282. The topological polar surface area (TPSA) is 52.0 Å². The van der Waals surface area contributed by atoms with Gasteiger partial charge in [-0.1, -0.05) is 24.3 Å². The minimum Gasteiger partial charge on any atom is -0.399 e. The second kappa shape index (κ2) is 5.48. The first-order valence-corrected chi connectivity index (χ1v) is 6.70. The highest BCUT2D eigenvalue weighted by Crippen LogP contribution is 2.53. The van der Waals surface area contributed by atoms with E-state index in [0.717, 1.165) is 24.3 Å². The van der Waals surface area contributed by atoms with Crippen molar-refractivity contribution in [3.8, 4) is 0 Å². The van der Waals surface area contributed by atoms with E-state index in [4.69, 9.17) is 11.5 Å². The lowest BCUT2D eigenvalue weighted by atomic mass is 10.2. The second-order valence-electron chi connectivity index (χ2n) is 4.38. The highest BCUT2D eigenvalue weighted by molar-refractivity contribution is 8.00. The normalized spacial score (nSPS) is 12.4. The standard InChI is InChI=1S/C14H12F4N2S/c15-13(16,9-1-5-11(19)6-2-9)21-14(17,18)10-3-7-12(20)8-4-10/h1-8H,19-20H2. The van der Waals surface area contributed by atoms with E-state index in [9.17, 15) is 17.6 Å². The van der Waals surface area contributed by atoms with Crippen molar-refractivity contribution in [2.75, 3.05) is 11.5 Å². The SMILES string of the molecule is Nc1ccc(C(F)(F)SC(F)(F)c2ccc(N)cc2)cc1. The predicted octanol–water partition coefficient (Wildman–Crippen LogP) is 4.38. The molecule has 112 valence electrons. The molecule has 0 heterocycles. The Morgan fingerprint density at radius 3 is 1.19 bits per heavy atom. The summed E-state index contributed by atoms with van der Waals surface area (Å²) < 4.78 is 55.9. The van der Waals surface area contributed by atoms with Crippen LogP contribution in [0.4, 0.5) is 28.9 Å². The van der Waals surface area contributed by atoms with Crippen molar-refractivity contribution in [3.05, 3.63) is 59.7 Å². The Morgan fingerprint density at radius 2 is 0.905 bits per heavy atom. The summed E-state index contributed by atoms with van der Waals surface area (Å²) in [7, 11) is 0. The Hall–Kier alpha value is -1.89. The van der Waals surface area contributed by atoms with Gasteiger partial charge < -0.3 is 11.5 Å². The molecule has 0 amide bonds. The Balaban J connectivity index is 2.25. The fraction of sp³-hybridized carbons (Fsp3) is 0.143. The van der Waals surface area contributed by atoms with Crippen molar-refractivity contribution in [2.45, 2.75) is 10.5 Å². The summed E-state index contributed by atoms with van der Waals surface area (Å²) in [6.45, 7) is 0. The molecule has 2 nitrogen and oxygen atoms in total. The number of halogens is 4.